The SMILES string of the molecule is CNC(=O)C1(C)CCN(c2c(N)cccc2F)C1. The first-order valence-electron chi connectivity index (χ1n) is 5.99. The van der Waals surface area contributed by atoms with Crippen molar-refractivity contribution < 1.29 is 9.18 Å². The van der Waals surface area contributed by atoms with Crippen molar-refractivity contribution in [3.8, 4) is 0 Å². The first-order chi connectivity index (χ1) is 8.48. The average Bonchev–Trinajstić information content (AvgIpc) is 2.72. The van der Waals surface area contributed by atoms with Gasteiger partial charge in [-0.3, -0.25) is 4.79 Å². The van der Waals surface area contributed by atoms with Crippen molar-refractivity contribution in [3.05, 3.63) is 24.0 Å². The Kier molecular flexibility index (Phi) is 3.15. The molecular weight excluding hydrogens is 233 g/mol. The van der Waals surface area contributed by atoms with Crippen molar-refractivity contribution >= 4 is 17.3 Å². The van der Waals surface area contributed by atoms with Gasteiger partial charge in [-0.05, 0) is 25.5 Å². The first-order valence-corrected chi connectivity index (χ1v) is 5.99. The second-order valence-corrected chi connectivity index (χ2v) is 4.99. The van der Waals surface area contributed by atoms with Gasteiger partial charge >= 0.3 is 0 Å². The maximum absolute atomic E-state index is 13.8. The summed E-state index contributed by atoms with van der Waals surface area (Å²) in [6.45, 7) is 3.01. The molecule has 1 fully saturated rings. The number of rotatable bonds is 2. The number of nitrogens with zero attached hydrogens (tertiary/aromatic N) is 1. The molecule has 1 amide bonds. The van der Waals surface area contributed by atoms with E-state index in [9.17, 15) is 9.18 Å². The minimum Gasteiger partial charge on any atom is -0.397 e. The van der Waals surface area contributed by atoms with Crippen LogP contribution in [0.25, 0.3) is 0 Å². The highest BCUT2D eigenvalue weighted by Gasteiger charge is 2.40. The van der Waals surface area contributed by atoms with Gasteiger partial charge < -0.3 is 16.0 Å². The second kappa shape index (κ2) is 4.48. The van der Waals surface area contributed by atoms with Crippen molar-refractivity contribution in [2.45, 2.75) is 13.3 Å². The van der Waals surface area contributed by atoms with Gasteiger partial charge in [0, 0.05) is 20.1 Å². The largest absolute Gasteiger partial charge is 0.397 e. The summed E-state index contributed by atoms with van der Waals surface area (Å²) in [5.41, 5.74) is 6.15. The highest BCUT2D eigenvalue weighted by Crippen LogP contribution is 2.37. The number of nitrogen functional groups attached to an aromatic ring is 1. The normalized spacial score (nSPS) is 23.2. The molecule has 18 heavy (non-hydrogen) atoms. The van der Waals surface area contributed by atoms with E-state index in [4.69, 9.17) is 5.73 Å². The van der Waals surface area contributed by atoms with Crippen LogP contribution >= 0.6 is 0 Å². The van der Waals surface area contributed by atoms with E-state index >= 15 is 0 Å². The summed E-state index contributed by atoms with van der Waals surface area (Å²) in [5.74, 6) is -0.351. The highest BCUT2D eigenvalue weighted by molar-refractivity contribution is 5.84. The number of para-hydroxylation sites is 1. The molecule has 1 unspecified atom stereocenters. The van der Waals surface area contributed by atoms with E-state index in [0.717, 1.165) is 0 Å². The van der Waals surface area contributed by atoms with Gasteiger partial charge in [0.1, 0.15) is 5.82 Å². The van der Waals surface area contributed by atoms with E-state index < -0.39 is 5.41 Å². The Morgan fingerprint density at radius 1 is 1.56 bits per heavy atom. The van der Waals surface area contributed by atoms with Crippen molar-refractivity contribution in [2.24, 2.45) is 5.41 Å². The van der Waals surface area contributed by atoms with Crippen molar-refractivity contribution in [1.29, 1.82) is 0 Å². The summed E-state index contributed by atoms with van der Waals surface area (Å²) < 4.78 is 13.8. The third-order valence-corrected chi connectivity index (χ3v) is 3.58. The third kappa shape index (κ3) is 2.00. The fraction of sp³-hybridized carbons (Fsp3) is 0.462. The molecule has 1 heterocycles. The zero-order valence-corrected chi connectivity index (χ0v) is 10.7. The molecule has 1 aliphatic heterocycles. The fourth-order valence-corrected chi connectivity index (χ4v) is 2.50. The van der Waals surface area contributed by atoms with Gasteiger partial charge in [-0.15, -0.1) is 0 Å². The van der Waals surface area contributed by atoms with Gasteiger partial charge in [0.25, 0.3) is 0 Å². The smallest absolute Gasteiger partial charge is 0.227 e. The van der Waals surface area contributed by atoms with Crippen molar-refractivity contribution in [1.82, 2.24) is 5.32 Å². The maximum Gasteiger partial charge on any atom is 0.227 e. The summed E-state index contributed by atoms with van der Waals surface area (Å²) in [6, 6.07) is 4.65. The van der Waals surface area contributed by atoms with Gasteiger partial charge in [-0.25, -0.2) is 4.39 Å². The predicted molar refractivity (Wildman–Crippen MR) is 69.8 cm³/mol. The summed E-state index contributed by atoms with van der Waals surface area (Å²) in [5, 5.41) is 2.66. The Hall–Kier alpha value is -1.78. The number of amides is 1. The van der Waals surface area contributed by atoms with Crippen LogP contribution in [0.2, 0.25) is 0 Å². The van der Waals surface area contributed by atoms with E-state index in [1.807, 2.05) is 11.8 Å². The van der Waals surface area contributed by atoms with Gasteiger partial charge in [-0.1, -0.05) is 6.07 Å². The van der Waals surface area contributed by atoms with E-state index in [2.05, 4.69) is 5.32 Å². The second-order valence-electron chi connectivity index (χ2n) is 4.99. The zero-order chi connectivity index (χ0) is 13.3. The highest BCUT2D eigenvalue weighted by atomic mass is 19.1. The van der Waals surface area contributed by atoms with Gasteiger partial charge in [0.05, 0.1) is 16.8 Å². The summed E-state index contributed by atoms with van der Waals surface area (Å²) >= 11 is 0. The van der Waals surface area contributed by atoms with Crippen molar-refractivity contribution in [2.75, 3.05) is 30.8 Å². The number of hydrogen-bond acceptors (Lipinski definition) is 3. The molecule has 1 aromatic carbocycles. The molecule has 0 spiro atoms. The third-order valence-electron chi connectivity index (χ3n) is 3.58. The Morgan fingerprint density at radius 2 is 2.28 bits per heavy atom. The summed E-state index contributed by atoms with van der Waals surface area (Å²) in [4.78, 5) is 13.7. The molecule has 1 saturated heterocycles. The van der Waals surface area contributed by atoms with Crippen LogP contribution in [-0.2, 0) is 4.79 Å². The number of nitrogens with two attached hydrogens (primary N) is 1. The van der Waals surface area contributed by atoms with Gasteiger partial charge in [-0.2, -0.15) is 0 Å². The Labute approximate surface area is 106 Å². The zero-order valence-electron chi connectivity index (χ0n) is 10.7. The molecule has 0 aromatic heterocycles. The van der Waals surface area contributed by atoms with Crippen LogP contribution in [0.1, 0.15) is 13.3 Å². The number of carbonyl (C=O) groups excluding carboxylic acids is 1. The Balaban J connectivity index is 2.26. The topological polar surface area (TPSA) is 58.4 Å². The lowest BCUT2D eigenvalue weighted by molar-refractivity contribution is -0.128. The standard InChI is InChI=1S/C13H18FN3O/c1-13(12(18)16-2)6-7-17(8-13)11-9(14)4-3-5-10(11)15/h3-5H,6-8,15H2,1-2H3,(H,16,18). The lowest BCUT2D eigenvalue weighted by Crippen LogP contribution is -2.39. The first kappa shape index (κ1) is 12.7. The van der Waals surface area contributed by atoms with Crippen LogP contribution in [0, 0.1) is 11.2 Å². The molecule has 0 saturated carbocycles. The van der Waals surface area contributed by atoms with E-state index in [-0.39, 0.29) is 11.7 Å². The molecule has 3 N–H and O–H groups in total. The molecule has 5 heteroatoms. The van der Waals surface area contributed by atoms with Crippen LogP contribution in [0.3, 0.4) is 0 Å². The lowest BCUT2D eigenvalue weighted by Gasteiger charge is -2.25. The quantitative estimate of drug-likeness (QED) is 0.780. The van der Waals surface area contributed by atoms with Gasteiger partial charge in [0.2, 0.25) is 5.91 Å². The molecular formula is C13H18FN3O. The fourth-order valence-electron chi connectivity index (χ4n) is 2.50. The molecule has 0 bridgehead atoms. The van der Waals surface area contributed by atoms with Crippen LogP contribution in [0.4, 0.5) is 15.8 Å². The molecule has 1 aliphatic rings. The van der Waals surface area contributed by atoms with Crippen LogP contribution in [0.5, 0.6) is 0 Å². The average molecular weight is 251 g/mol. The van der Waals surface area contributed by atoms with Crippen LogP contribution in [-0.4, -0.2) is 26.0 Å². The molecule has 2 rings (SSSR count). The van der Waals surface area contributed by atoms with E-state index in [1.54, 1.807) is 19.2 Å². The minimum atomic E-state index is -0.483. The number of nitrogens with one attached hydrogen (secondary N) is 1. The van der Waals surface area contributed by atoms with E-state index in [1.165, 1.54) is 6.07 Å². The lowest BCUT2D eigenvalue weighted by atomic mass is 9.89. The molecule has 1 atom stereocenters. The van der Waals surface area contributed by atoms with E-state index in [0.29, 0.717) is 30.9 Å². The molecule has 0 aliphatic carbocycles. The number of carbonyl (C=O) groups is 1. The molecule has 1 aromatic rings. The number of benzene rings is 1. The predicted octanol–water partition coefficient (Wildman–Crippen LogP) is 1.37. The number of anilines is 2. The Morgan fingerprint density at radius 3 is 2.89 bits per heavy atom. The number of halogens is 1. The van der Waals surface area contributed by atoms with Gasteiger partial charge in [0.15, 0.2) is 0 Å². The maximum atomic E-state index is 13.8. The number of hydrogen-bond donors (Lipinski definition) is 2. The van der Waals surface area contributed by atoms with Crippen molar-refractivity contribution in [3.63, 3.8) is 0 Å². The monoisotopic (exact) mass is 251 g/mol. The molecule has 98 valence electrons. The van der Waals surface area contributed by atoms with Crippen LogP contribution in [0.15, 0.2) is 18.2 Å². The molecule has 4 nitrogen and oxygen atoms in total. The minimum absolute atomic E-state index is 0.0140. The summed E-state index contributed by atoms with van der Waals surface area (Å²) in [6.07, 6.45) is 0.695. The Bertz CT molecular complexity index is 457. The summed E-state index contributed by atoms with van der Waals surface area (Å²) in [7, 11) is 1.62. The van der Waals surface area contributed by atoms with Crippen LogP contribution < -0.4 is 16.0 Å². The molecule has 0 radical (unpaired) electrons.